The predicted octanol–water partition coefficient (Wildman–Crippen LogP) is 2.02. The molecule has 0 aromatic carbocycles. The second kappa shape index (κ2) is 6.12. The van der Waals surface area contributed by atoms with Crippen LogP contribution in [0.4, 0.5) is 0 Å². The number of thiophene rings is 1. The molecule has 1 atom stereocenters. The molecule has 0 saturated carbocycles. The molecule has 1 aromatic rings. The molecule has 2 aliphatic heterocycles. The maximum absolute atomic E-state index is 5.89. The van der Waals surface area contributed by atoms with Gasteiger partial charge in [0, 0.05) is 44.1 Å². The summed E-state index contributed by atoms with van der Waals surface area (Å²) in [5.74, 6) is -0.397. The molecular formula is C15H24N2O2S. The van der Waals surface area contributed by atoms with Gasteiger partial charge in [-0.15, -0.1) is 11.3 Å². The first-order valence-electron chi connectivity index (χ1n) is 7.40. The van der Waals surface area contributed by atoms with Crippen LogP contribution in [0.5, 0.6) is 0 Å². The van der Waals surface area contributed by atoms with E-state index in [-0.39, 0.29) is 6.10 Å². The molecule has 20 heavy (non-hydrogen) atoms. The zero-order valence-electron chi connectivity index (χ0n) is 12.4. The quantitative estimate of drug-likeness (QED) is 0.849. The van der Waals surface area contributed by atoms with Gasteiger partial charge in [0.1, 0.15) is 0 Å². The van der Waals surface area contributed by atoms with E-state index in [4.69, 9.17) is 9.47 Å². The van der Waals surface area contributed by atoms with Gasteiger partial charge in [-0.2, -0.15) is 0 Å². The lowest BCUT2D eigenvalue weighted by molar-refractivity contribution is -0.140. The minimum absolute atomic E-state index is 0.230. The van der Waals surface area contributed by atoms with E-state index in [0.717, 1.165) is 45.9 Å². The van der Waals surface area contributed by atoms with Crippen LogP contribution in [-0.4, -0.2) is 61.0 Å². The Morgan fingerprint density at radius 2 is 2.00 bits per heavy atom. The van der Waals surface area contributed by atoms with Crippen LogP contribution in [0.1, 0.15) is 18.7 Å². The molecule has 5 heteroatoms. The van der Waals surface area contributed by atoms with Gasteiger partial charge in [0.05, 0.1) is 12.7 Å². The monoisotopic (exact) mass is 296 g/mol. The Hall–Kier alpha value is -0.460. The minimum Gasteiger partial charge on any atom is -0.348 e. The second-order valence-electron chi connectivity index (χ2n) is 6.11. The Balaban J connectivity index is 1.40. The average molecular weight is 296 g/mol. The van der Waals surface area contributed by atoms with Gasteiger partial charge >= 0.3 is 0 Å². The highest BCUT2D eigenvalue weighted by Gasteiger charge is 2.34. The summed E-state index contributed by atoms with van der Waals surface area (Å²) in [7, 11) is 0. The SMILES string of the molecule is CC1(C)OC[C@H](CN2CCN(Cc3cccs3)CC2)O1. The third-order valence-electron chi connectivity index (χ3n) is 3.95. The van der Waals surface area contributed by atoms with Crippen LogP contribution in [0.3, 0.4) is 0 Å². The van der Waals surface area contributed by atoms with Crippen molar-refractivity contribution in [2.75, 3.05) is 39.3 Å². The summed E-state index contributed by atoms with van der Waals surface area (Å²) in [6.07, 6.45) is 0.230. The second-order valence-corrected chi connectivity index (χ2v) is 7.14. The Morgan fingerprint density at radius 1 is 1.25 bits per heavy atom. The van der Waals surface area contributed by atoms with Crippen molar-refractivity contribution in [2.24, 2.45) is 0 Å². The summed E-state index contributed by atoms with van der Waals surface area (Å²) in [6.45, 7) is 11.4. The Morgan fingerprint density at radius 3 is 2.60 bits per heavy atom. The molecule has 3 rings (SSSR count). The van der Waals surface area contributed by atoms with E-state index >= 15 is 0 Å². The van der Waals surface area contributed by atoms with Crippen molar-refractivity contribution in [3.63, 3.8) is 0 Å². The van der Waals surface area contributed by atoms with Gasteiger partial charge in [-0.1, -0.05) is 6.07 Å². The van der Waals surface area contributed by atoms with Gasteiger partial charge in [-0.3, -0.25) is 9.80 Å². The molecule has 0 radical (unpaired) electrons. The summed E-state index contributed by atoms with van der Waals surface area (Å²) in [6, 6.07) is 4.36. The molecule has 0 aliphatic carbocycles. The summed E-state index contributed by atoms with van der Waals surface area (Å²) < 4.78 is 11.5. The highest BCUT2D eigenvalue weighted by Crippen LogP contribution is 2.23. The summed E-state index contributed by atoms with van der Waals surface area (Å²) in [4.78, 5) is 6.51. The van der Waals surface area contributed by atoms with Crippen molar-refractivity contribution in [1.29, 1.82) is 0 Å². The molecule has 3 heterocycles. The first kappa shape index (κ1) is 14.5. The summed E-state index contributed by atoms with van der Waals surface area (Å²) in [5.41, 5.74) is 0. The van der Waals surface area contributed by atoms with Crippen molar-refractivity contribution in [3.05, 3.63) is 22.4 Å². The van der Waals surface area contributed by atoms with Crippen molar-refractivity contribution in [2.45, 2.75) is 32.3 Å². The van der Waals surface area contributed by atoms with Crippen LogP contribution < -0.4 is 0 Å². The predicted molar refractivity (Wildman–Crippen MR) is 80.9 cm³/mol. The number of rotatable bonds is 4. The van der Waals surface area contributed by atoms with Crippen LogP contribution >= 0.6 is 11.3 Å². The minimum atomic E-state index is -0.397. The number of piperazine rings is 1. The number of ether oxygens (including phenoxy) is 2. The maximum Gasteiger partial charge on any atom is 0.163 e. The molecule has 0 amide bonds. The van der Waals surface area contributed by atoms with E-state index in [9.17, 15) is 0 Å². The largest absolute Gasteiger partial charge is 0.348 e. The van der Waals surface area contributed by atoms with Gasteiger partial charge in [-0.05, 0) is 25.3 Å². The Kier molecular flexibility index (Phi) is 4.43. The van der Waals surface area contributed by atoms with Crippen LogP contribution in [0.2, 0.25) is 0 Å². The normalized spacial score (nSPS) is 28.0. The van der Waals surface area contributed by atoms with Crippen LogP contribution in [-0.2, 0) is 16.0 Å². The van der Waals surface area contributed by atoms with Crippen LogP contribution in [0.25, 0.3) is 0 Å². The molecule has 0 spiro atoms. The third kappa shape index (κ3) is 3.80. The first-order valence-corrected chi connectivity index (χ1v) is 8.27. The number of hydrogen-bond acceptors (Lipinski definition) is 5. The molecule has 2 fully saturated rings. The lowest BCUT2D eigenvalue weighted by Gasteiger charge is -2.35. The molecule has 1 aromatic heterocycles. The van der Waals surface area contributed by atoms with E-state index < -0.39 is 5.79 Å². The van der Waals surface area contributed by atoms with Crippen molar-refractivity contribution < 1.29 is 9.47 Å². The van der Waals surface area contributed by atoms with E-state index in [1.54, 1.807) is 0 Å². The fraction of sp³-hybridized carbons (Fsp3) is 0.733. The van der Waals surface area contributed by atoms with Gasteiger partial charge < -0.3 is 9.47 Å². The first-order chi connectivity index (χ1) is 9.61. The Bertz CT molecular complexity index is 414. The lowest BCUT2D eigenvalue weighted by Crippen LogP contribution is -2.48. The van der Waals surface area contributed by atoms with Crippen molar-refractivity contribution in [3.8, 4) is 0 Å². The van der Waals surface area contributed by atoms with Gasteiger partial charge in [0.25, 0.3) is 0 Å². The summed E-state index contributed by atoms with van der Waals surface area (Å²) >= 11 is 1.85. The molecular weight excluding hydrogens is 272 g/mol. The fourth-order valence-corrected chi connectivity index (χ4v) is 3.64. The zero-order chi connectivity index (χ0) is 14.0. The zero-order valence-corrected chi connectivity index (χ0v) is 13.2. The fourth-order valence-electron chi connectivity index (χ4n) is 2.89. The maximum atomic E-state index is 5.89. The standard InChI is InChI=1S/C15H24N2O2S/c1-15(2)18-12-13(19-15)10-16-5-7-17(8-6-16)11-14-4-3-9-20-14/h3-4,9,13H,5-8,10-12H2,1-2H3/t13-/m0/s1. The van der Waals surface area contributed by atoms with Gasteiger partial charge in [0.15, 0.2) is 5.79 Å². The van der Waals surface area contributed by atoms with Gasteiger partial charge in [0.2, 0.25) is 0 Å². The lowest BCUT2D eigenvalue weighted by atomic mass is 10.2. The molecule has 2 saturated heterocycles. The topological polar surface area (TPSA) is 24.9 Å². The molecule has 2 aliphatic rings. The van der Waals surface area contributed by atoms with Crippen LogP contribution in [0, 0.1) is 0 Å². The average Bonchev–Trinajstić information content (AvgIpc) is 3.02. The highest BCUT2D eigenvalue weighted by molar-refractivity contribution is 7.09. The van der Waals surface area contributed by atoms with E-state index in [1.807, 2.05) is 25.2 Å². The Labute approximate surface area is 125 Å². The number of nitrogens with zero attached hydrogens (tertiary/aromatic N) is 2. The number of hydrogen-bond donors (Lipinski definition) is 0. The van der Waals surface area contributed by atoms with E-state index in [1.165, 1.54) is 4.88 Å². The van der Waals surface area contributed by atoms with Crippen molar-refractivity contribution >= 4 is 11.3 Å². The molecule has 0 N–H and O–H groups in total. The molecule has 4 nitrogen and oxygen atoms in total. The van der Waals surface area contributed by atoms with E-state index in [2.05, 4.69) is 27.3 Å². The van der Waals surface area contributed by atoms with Gasteiger partial charge in [-0.25, -0.2) is 0 Å². The smallest absolute Gasteiger partial charge is 0.163 e. The molecule has 0 bridgehead atoms. The van der Waals surface area contributed by atoms with Crippen molar-refractivity contribution in [1.82, 2.24) is 9.80 Å². The van der Waals surface area contributed by atoms with E-state index in [0.29, 0.717) is 0 Å². The van der Waals surface area contributed by atoms with Crippen LogP contribution in [0.15, 0.2) is 17.5 Å². The molecule has 0 unspecified atom stereocenters. The molecule has 112 valence electrons. The third-order valence-corrected chi connectivity index (χ3v) is 4.81. The highest BCUT2D eigenvalue weighted by atomic mass is 32.1. The summed E-state index contributed by atoms with van der Waals surface area (Å²) in [5, 5.41) is 2.16.